The topological polar surface area (TPSA) is 106 Å². The number of carbonyl (C=O) groups excluding carboxylic acids is 2. The molecule has 1 aliphatic heterocycles. The Hall–Kier alpha value is -1.87. The third kappa shape index (κ3) is 3.11. The lowest BCUT2D eigenvalue weighted by molar-refractivity contribution is -0.254. The summed E-state index contributed by atoms with van der Waals surface area (Å²) >= 11 is 2.07. The Balaban J connectivity index is 1.83. The van der Waals surface area contributed by atoms with Gasteiger partial charge in [-0.2, -0.15) is 0 Å². The van der Waals surface area contributed by atoms with Crippen molar-refractivity contribution in [1.29, 1.82) is 0 Å². The van der Waals surface area contributed by atoms with Crippen molar-refractivity contribution in [3.8, 4) is 0 Å². The summed E-state index contributed by atoms with van der Waals surface area (Å²) in [5.41, 5.74) is -0.0317. The number of fused-ring (bicyclic) bond motifs is 1. The van der Waals surface area contributed by atoms with Crippen molar-refractivity contribution < 1.29 is 14.7 Å². The predicted molar refractivity (Wildman–Crippen MR) is 85.8 cm³/mol. The maximum Gasteiger partial charge on any atom is 0.260 e. The summed E-state index contributed by atoms with van der Waals surface area (Å²) < 4.78 is 0. The molecule has 1 amide bonds. The molecule has 3 heterocycles. The number of hydrogen-bond donors (Lipinski definition) is 1. The Morgan fingerprint density at radius 3 is 2.74 bits per heavy atom. The second kappa shape index (κ2) is 6.32. The second-order valence-corrected chi connectivity index (χ2v) is 7.23. The molecule has 1 fully saturated rings. The molecule has 0 aliphatic carbocycles. The van der Waals surface area contributed by atoms with E-state index in [1.165, 1.54) is 0 Å². The van der Waals surface area contributed by atoms with Crippen molar-refractivity contribution in [2.24, 2.45) is 0 Å². The molecular formula is C14H14N3O4S2-. The number of nitrogens with one attached hydrogen (secondary N) is 1. The van der Waals surface area contributed by atoms with Gasteiger partial charge in [-0.1, -0.05) is 11.8 Å². The molecule has 0 radical (unpaired) electrons. The van der Waals surface area contributed by atoms with Crippen LogP contribution in [-0.2, 0) is 4.79 Å². The van der Waals surface area contributed by atoms with Gasteiger partial charge in [-0.15, -0.1) is 11.3 Å². The first-order valence-electron chi connectivity index (χ1n) is 7.12. The van der Waals surface area contributed by atoms with Crippen molar-refractivity contribution in [1.82, 2.24) is 14.9 Å². The van der Waals surface area contributed by atoms with Gasteiger partial charge in [0.1, 0.15) is 4.83 Å². The van der Waals surface area contributed by atoms with Crippen molar-refractivity contribution in [3.05, 3.63) is 20.8 Å². The van der Waals surface area contributed by atoms with Gasteiger partial charge in [0.2, 0.25) is 5.91 Å². The van der Waals surface area contributed by atoms with Gasteiger partial charge in [0, 0.05) is 13.1 Å². The quantitative estimate of drug-likeness (QED) is 0.629. The zero-order valence-corrected chi connectivity index (χ0v) is 14.0. The molecule has 7 nitrogen and oxygen atoms in total. The van der Waals surface area contributed by atoms with Gasteiger partial charge in [0.15, 0.2) is 5.16 Å². The van der Waals surface area contributed by atoms with E-state index in [2.05, 4.69) is 9.97 Å². The third-order valence-corrected chi connectivity index (χ3v) is 5.78. The minimum Gasteiger partial charge on any atom is -0.544 e. The summed E-state index contributed by atoms with van der Waals surface area (Å²) in [6, 6.07) is 0. The van der Waals surface area contributed by atoms with Crippen LogP contribution in [0.2, 0.25) is 0 Å². The highest BCUT2D eigenvalue weighted by Crippen LogP contribution is 2.27. The van der Waals surface area contributed by atoms with Crippen LogP contribution in [0.3, 0.4) is 0 Å². The van der Waals surface area contributed by atoms with Crippen LogP contribution in [0.5, 0.6) is 0 Å². The van der Waals surface area contributed by atoms with E-state index in [0.717, 1.165) is 49.0 Å². The maximum absolute atomic E-state index is 12.1. The van der Waals surface area contributed by atoms with E-state index in [1.807, 2.05) is 0 Å². The SMILES string of the molecule is Cc1c(C(=O)[O-])sc2nc(SCC(=O)N3CCCC3)[nH]c(=O)c12. The van der Waals surface area contributed by atoms with Crippen molar-refractivity contribution >= 4 is 45.2 Å². The lowest BCUT2D eigenvalue weighted by Gasteiger charge is -2.14. The van der Waals surface area contributed by atoms with Crippen molar-refractivity contribution in [2.75, 3.05) is 18.8 Å². The summed E-state index contributed by atoms with van der Waals surface area (Å²) in [6.07, 6.45) is 2.05. The fourth-order valence-electron chi connectivity index (χ4n) is 2.58. The number of aromatic carboxylic acids is 1. The summed E-state index contributed by atoms with van der Waals surface area (Å²) in [5, 5.41) is 11.6. The van der Waals surface area contributed by atoms with Crippen LogP contribution in [0.1, 0.15) is 28.1 Å². The first-order valence-corrected chi connectivity index (χ1v) is 8.93. The number of amides is 1. The van der Waals surface area contributed by atoms with E-state index in [-0.39, 0.29) is 21.9 Å². The number of likely N-dealkylation sites (tertiary alicyclic amines) is 1. The number of carbonyl (C=O) groups is 2. The van der Waals surface area contributed by atoms with Crippen LogP contribution in [0, 0.1) is 6.92 Å². The van der Waals surface area contributed by atoms with Gasteiger partial charge >= 0.3 is 0 Å². The number of H-pyrrole nitrogens is 1. The van der Waals surface area contributed by atoms with Gasteiger partial charge in [-0.3, -0.25) is 9.59 Å². The highest BCUT2D eigenvalue weighted by atomic mass is 32.2. The lowest BCUT2D eigenvalue weighted by atomic mass is 10.2. The number of thiophene rings is 1. The van der Waals surface area contributed by atoms with Crippen LogP contribution >= 0.6 is 23.1 Å². The van der Waals surface area contributed by atoms with Gasteiger partial charge < -0.3 is 19.8 Å². The molecule has 1 saturated heterocycles. The fraction of sp³-hybridized carbons (Fsp3) is 0.429. The van der Waals surface area contributed by atoms with Crippen molar-refractivity contribution in [3.63, 3.8) is 0 Å². The molecule has 1 N–H and O–H groups in total. The molecule has 0 unspecified atom stereocenters. The second-order valence-electron chi connectivity index (χ2n) is 5.27. The standard InChI is InChI=1S/C14H15N3O4S2/c1-7-9-11(19)15-14(16-12(9)23-10(7)13(20)21)22-6-8(18)17-4-2-3-5-17/h2-6H2,1H3,(H,20,21)(H,15,16,19)/p-1. The summed E-state index contributed by atoms with van der Waals surface area (Å²) in [7, 11) is 0. The molecular weight excluding hydrogens is 338 g/mol. The van der Waals surface area contributed by atoms with Crippen LogP contribution in [0.4, 0.5) is 0 Å². The van der Waals surface area contributed by atoms with E-state index in [0.29, 0.717) is 15.6 Å². The third-order valence-electron chi connectivity index (χ3n) is 3.76. The lowest BCUT2D eigenvalue weighted by Crippen LogP contribution is -2.29. The van der Waals surface area contributed by atoms with Gasteiger partial charge in [-0.25, -0.2) is 4.98 Å². The molecule has 1 aliphatic rings. The van der Waals surface area contributed by atoms with E-state index in [4.69, 9.17) is 0 Å². The molecule has 0 saturated carbocycles. The van der Waals surface area contributed by atoms with Crippen LogP contribution < -0.4 is 10.7 Å². The number of aryl methyl sites for hydroxylation is 1. The molecule has 0 bridgehead atoms. The van der Waals surface area contributed by atoms with Gasteiger partial charge in [-0.05, 0) is 25.3 Å². The average molecular weight is 352 g/mol. The zero-order valence-electron chi connectivity index (χ0n) is 12.4. The Bertz CT molecular complexity index is 836. The number of hydrogen-bond acceptors (Lipinski definition) is 7. The normalized spacial score (nSPS) is 14.6. The maximum atomic E-state index is 12.1. The molecule has 0 spiro atoms. The van der Waals surface area contributed by atoms with Crippen LogP contribution in [-0.4, -0.2) is 45.6 Å². The van der Waals surface area contributed by atoms with E-state index in [9.17, 15) is 19.5 Å². The van der Waals surface area contributed by atoms with E-state index >= 15 is 0 Å². The Morgan fingerprint density at radius 1 is 1.39 bits per heavy atom. The largest absolute Gasteiger partial charge is 0.544 e. The monoisotopic (exact) mass is 352 g/mol. The Labute approximate surface area is 139 Å². The van der Waals surface area contributed by atoms with E-state index in [1.54, 1.807) is 11.8 Å². The first-order chi connectivity index (χ1) is 11.0. The van der Waals surface area contributed by atoms with Crippen LogP contribution in [0.25, 0.3) is 10.2 Å². The molecule has 2 aromatic heterocycles. The van der Waals surface area contributed by atoms with E-state index < -0.39 is 11.5 Å². The molecule has 3 rings (SSSR count). The van der Waals surface area contributed by atoms with Crippen molar-refractivity contribution in [2.45, 2.75) is 24.9 Å². The van der Waals surface area contributed by atoms with Gasteiger partial charge in [0.25, 0.3) is 5.56 Å². The average Bonchev–Trinajstić information content (AvgIpc) is 3.13. The Morgan fingerprint density at radius 2 is 2.09 bits per heavy atom. The number of carboxylic acids is 1. The Kier molecular flexibility index (Phi) is 4.40. The summed E-state index contributed by atoms with van der Waals surface area (Å²) in [5.74, 6) is -1.09. The molecule has 0 aromatic carbocycles. The number of rotatable bonds is 4. The molecule has 9 heteroatoms. The minimum absolute atomic E-state index is 0.00768. The molecule has 2 aromatic rings. The molecule has 23 heavy (non-hydrogen) atoms. The number of thioether (sulfide) groups is 1. The fourth-order valence-corrected chi connectivity index (χ4v) is 4.41. The zero-order chi connectivity index (χ0) is 16.6. The van der Waals surface area contributed by atoms with Crippen LogP contribution in [0.15, 0.2) is 9.95 Å². The molecule has 0 atom stereocenters. The number of nitrogens with zero attached hydrogens (tertiary/aromatic N) is 2. The summed E-state index contributed by atoms with van der Waals surface area (Å²) in [6.45, 7) is 3.12. The highest BCUT2D eigenvalue weighted by molar-refractivity contribution is 7.99. The van der Waals surface area contributed by atoms with Gasteiger partial charge in [0.05, 0.1) is 22.0 Å². The highest BCUT2D eigenvalue weighted by Gasteiger charge is 2.19. The predicted octanol–water partition coefficient (Wildman–Crippen LogP) is 0.371. The first kappa shape index (κ1) is 16.0. The minimum atomic E-state index is -1.32. The number of aromatic nitrogens is 2. The number of aromatic amines is 1. The molecule has 122 valence electrons. The number of carboxylic acid groups (broad SMARTS) is 1. The smallest absolute Gasteiger partial charge is 0.260 e. The summed E-state index contributed by atoms with van der Waals surface area (Å²) in [4.78, 5) is 44.2.